The van der Waals surface area contributed by atoms with Crippen LogP contribution in [0.5, 0.6) is 0 Å². The van der Waals surface area contributed by atoms with Crippen molar-refractivity contribution in [2.45, 2.75) is 96.2 Å². The molecule has 7 atom stereocenters. The number of piperidine rings is 1. The fourth-order valence-electron chi connectivity index (χ4n) is 9.21. The summed E-state index contributed by atoms with van der Waals surface area (Å²) >= 11 is 0. The zero-order valence-corrected chi connectivity index (χ0v) is 22.5. The van der Waals surface area contributed by atoms with E-state index in [0.717, 1.165) is 57.2 Å². The van der Waals surface area contributed by atoms with Crippen LogP contribution in [0.2, 0.25) is 0 Å². The molecular weight excluding hydrogens is 466 g/mol. The van der Waals surface area contributed by atoms with Gasteiger partial charge in [-0.3, -0.25) is 9.69 Å². The second-order valence-electron chi connectivity index (χ2n) is 13.2. The predicted octanol–water partition coefficient (Wildman–Crippen LogP) is 5.05. The van der Waals surface area contributed by atoms with E-state index in [1.54, 1.807) is 17.9 Å². The molecule has 2 heterocycles. The van der Waals surface area contributed by atoms with Crippen LogP contribution in [0.1, 0.15) is 89.5 Å². The number of ether oxygens (including phenoxy) is 1. The maximum Gasteiger partial charge on any atom is 0.335 e. The van der Waals surface area contributed by atoms with Gasteiger partial charge in [0.1, 0.15) is 6.10 Å². The first kappa shape index (κ1) is 25.4. The number of hydrogen-bond acceptors (Lipinski definition) is 6. The summed E-state index contributed by atoms with van der Waals surface area (Å²) in [5.41, 5.74) is 3.02. The van der Waals surface area contributed by atoms with E-state index in [1.807, 2.05) is 6.07 Å². The van der Waals surface area contributed by atoms with E-state index in [1.165, 1.54) is 25.7 Å². The quantitative estimate of drug-likeness (QED) is 0.452. The highest BCUT2D eigenvalue weighted by Gasteiger charge is 2.58. The van der Waals surface area contributed by atoms with Gasteiger partial charge in [0.05, 0.1) is 18.9 Å². The van der Waals surface area contributed by atoms with Crippen molar-refractivity contribution in [3.8, 4) is 0 Å². The molecule has 0 amide bonds. The summed E-state index contributed by atoms with van der Waals surface area (Å²) in [4.78, 5) is 26.3. The highest BCUT2D eigenvalue weighted by atomic mass is 16.5. The largest absolute Gasteiger partial charge is 0.461 e. The molecule has 1 N–H and O–H groups in total. The Bertz CT molecular complexity index is 1080. The van der Waals surface area contributed by atoms with E-state index in [-0.39, 0.29) is 29.2 Å². The smallest absolute Gasteiger partial charge is 0.335 e. The van der Waals surface area contributed by atoms with E-state index in [9.17, 15) is 14.7 Å². The van der Waals surface area contributed by atoms with Gasteiger partial charge in [0, 0.05) is 19.2 Å². The average molecular weight is 510 g/mol. The molecule has 0 unspecified atom stereocenters. The fourth-order valence-corrected chi connectivity index (χ4v) is 9.21. The standard InChI is InChI=1S/C31H43NO5/c1-30-13-9-23(37-29(35)18-32-15-11-22(33)12-16-32)17-21(30)4-5-24-26-7-6-25(20-3-8-28(34)36-19-20)31(26,2)14-10-27(24)30/h3,7-8,19,21-25,27,33H,4-6,9-18H2,1-2H3/t21-,23+,24+,25-,27+,30+,31-/m1/s1. The molecule has 202 valence electrons. The lowest BCUT2D eigenvalue weighted by atomic mass is 9.46. The monoisotopic (exact) mass is 509 g/mol. The van der Waals surface area contributed by atoms with Gasteiger partial charge in [-0.2, -0.15) is 0 Å². The van der Waals surface area contributed by atoms with E-state index in [2.05, 4.69) is 24.8 Å². The van der Waals surface area contributed by atoms with Crippen LogP contribution in [0.15, 0.2) is 39.3 Å². The number of fused-ring (bicyclic) bond motifs is 5. The highest BCUT2D eigenvalue weighted by molar-refractivity contribution is 5.71. The van der Waals surface area contributed by atoms with Crippen molar-refractivity contribution in [3.05, 3.63) is 46.0 Å². The lowest BCUT2D eigenvalue weighted by molar-refractivity contribution is -0.159. The summed E-state index contributed by atoms with van der Waals surface area (Å²) in [6, 6.07) is 3.54. The Kier molecular flexibility index (Phi) is 6.63. The molecule has 3 saturated carbocycles. The molecule has 5 aliphatic rings. The Morgan fingerprint density at radius 2 is 1.92 bits per heavy atom. The molecule has 6 heteroatoms. The van der Waals surface area contributed by atoms with Crippen molar-refractivity contribution in [2.75, 3.05) is 19.6 Å². The van der Waals surface area contributed by atoms with Gasteiger partial charge < -0.3 is 14.3 Å². The third-order valence-electron chi connectivity index (χ3n) is 11.4. The Morgan fingerprint density at radius 3 is 2.68 bits per heavy atom. The molecule has 0 aromatic carbocycles. The normalized spacial score (nSPS) is 40.3. The molecular formula is C31H43NO5. The molecule has 4 aliphatic carbocycles. The topological polar surface area (TPSA) is 80.0 Å². The summed E-state index contributed by atoms with van der Waals surface area (Å²) in [5.74, 6) is 2.28. The van der Waals surface area contributed by atoms with Crippen LogP contribution < -0.4 is 5.63 Å². The van der Waals surface area contributed by atoms with Gasteiger partial charge in [0.25, 0.3) is 0 Å². The van der Waals surface area contributed by atoms with Crippen LogP contribution >= 0.6 is 0 Å². The van der Waals surface area contributed by atoms with Crippen molar-refractivity contribution in [3.63, 3.8) is 0 Å². The van der Waals surface area contributed by atoms with Gasteiger partial charge in [0.2, 0.25) is 0 Å². The Hall–Kier alpha value is -1.92. The van der Waals surface area contributed by atoms with Gasteiger partial charge in [-0.25, -0.2) is 4.79 Å². The number of esters is 1. The molecule has 1 aromatic rings. The molecule has 6 nitrogen and oxygen atoms in total. The lowest BCUT2D eigenvalue weighted by Crippen LogP contribution is -2.52. The first-order valence-corrected chi connectivity index (χ1v) is 14.7. The number of likely N-dealkylation sites (tertiary alicyclic amines) is 1. The van der Waals surface area contributed by atoms with Crippen LogP contribution in [0.25, 0.3) is 0 Å². The second-order valence-corrected chi connectivity index (χ2v) is 13.2. The number of aliphatic hydroxyl groups excluding tert-OH is 1. The molecule has 0 radical (unpaired) electrons. The number of allylic oxidation sites excluding steroid dienone is 2. The van der Waals surface area contributed by atoms with Crippen molar-refractivity contribution >= 4 is 5.97 Å². The minimum absolute atomic E-state index is 0.0502. The summed E-state index contributed by atoms with van der Waals surface area (Å²) in [7, 11) is 0. The number of aliphatic hydroxyl groups is 1. The van der Waals surface area contributed by atoms with Crippen LogP contribution in [0.3, 0.4) is 0 Å². The van der Waals surface area contributed by atoms with Gasteiger partial charge in [-0.05, 0) is 110 Å². The third-order valence-corrected chi connectivity index (χ3v) is 11.4. The third kappa shape index (κ3) is 4.52. The Labute approximate surface area is 220 Å². The van der Waals surface area contributed by atoms with Crippen LogP contribution in [0, 0.1) is 28.6 Å². The van der Waals surface area contributed by atoms with Crippen molar-refractivity contribution < 1.29 is 19.1 Å². The van der Waals surface area contributed by atoms with E-state index < -0.39 is 0 Å². The lowest BCUT2D eigenvalue weighted by Gasteiger charge is -2.59. The first-order chi connectivity index (χ1) is 17.8. The van der Waals surface area contributed by atoms with E-state index in [4.69, 9.17) is 9.15 Å². The van der Waals surface area contributed by atoms with E-state index >= 15 is 0 Å². The second kappa shape index (κ2) is 9.68. The number of carbonyl (C=O) groups excluding carboxylic acids is 1. The number of hydrogen-bond donors (Lipinski definition) is 1. The molecule has 1 aromatic heterocycles. The van der Waals surface area contributed by atoms with Gasteiger partial charge >= 0.3 is 11.6 Å². The number of carbonyl (C=O) groups is 1. The van der Waals surface area contributed by atoms with E-state index in [0.29, 0.717) is 35.6 Å². The minimum Gasteiger partial charge on any atom is -0.461 e. The van der Waals surface area contributed by atoms with Gasteiger partial charge in [-0.1, -0.05) is 25.5 Å². The Morgan fingerprint density at radius 1 is 1.11 bits per heavy atom. The summed E-state index contributed by atoms with van der Waals surface area (Å²) in [6.45, 7) is 6.89. The van der Waals surface area contributed by atoms with Crippen molar-refractivity contribution in [2.24, 2.45) is 28.6 Å². The molecule has 0 bridgehead atoms. The molecule has 37 heavy (non-hydrogen) atoms. The van der Waals surface area contributed by atoms with Crippen molar-refractivity contribution in [1.82, 2.24) is 4.90 Å². The highest BCUT2D eigenvalue weighted by Crippen LogP contribution is 2.67. The predicted molar refractivity (Wildman–Crippen MR) is 141 cm³/mol. The van der Waals surface area contributed by atoms with Gasteiger partial charge in [-0.15, -0.1) is 0 Å². The molecule has 0 spiro atoms. The molecule has 1 saturated heterocycles. The SMILES string of the molecule is C[C@]12CC[C@H](OC(=O)CN3CCC(O)CC3)C[C@H]1CC[C@H]1C3=CC[C@H](c4ccc(=O)oc4)[C@@]3(C)CC[C@@H]12. The summed E-state index contributed by atoms with van der Waals surface area (Å²) in [5, 5.41) is 9.72. The minimum atomic E-state index is -0.275. The zero-order chi connectivity index (χ0) is 25.8. The maximum absolute atomic E-state index is 12.7. The van der Waals surface area contributed by atoms with Crippen LogP contribution in [-0.4, -0.2) is 47.8 Å². The van der Waals surface area contributed by atoms with Crippen LogP contribution in [-0.2, 0) is 9.53 Å². The van der Waals surface area contributed by atoms with Gasteiger partial charge in [0.15, 0.2) is 0 Å². The summed E-state index contributed by atoms with van der Waals surface area (Å²) < 4.78 is 11.3. The molecule has 4 fully saturated rings. The Balaban J connectivity index is 1.10. The fraction of sp³-hybridized carbons (Fsp3) is 0.742. The summed E-state index contributed by atoms with van der Waals surface area (Å²) in [6.07, 6.45) is 14.6. The van der Waals surface area contributed by atoms with Crippen molar-refractivity contribution in [1.29, 1.82) is 0 Å². The average Bonchev–Trinajstić information content (AvgIpc) is 3.23. The van der Waals surface area contributed by atoms with Crippen LogP contribution in [0.4, 0.5) is 0 Å². The number of nitrogens with zero attached hydrogens (tertiary/aromatic N) is 1. The molecule has 1 aliphatic heterocycles. The maximum atomic E-state index is 12.7. The first-order valence-electron chi connectivity index (χ1n) is 14.7. The molecule has 6 rings (SSSR count). The number of rotatable bonds is 4. The zero-order valence-electron chi connectivity index (χ0n) is 22.5.